The van der Waals surface area contributed by atoms with Crippen LogP contribution in [0.5, 0.6) is 5.75 Å². The minimum atomic E-state index is -1.02. The predicted octanol–water partition coefficient (Wildman–Crippen LogP) is 3.27. The first kappa shape index (κ1) is 22.2. The van der Waals surface area contributed by atoms with Crippen LogP contribution < -0.4 is 9.64 Å². The molecule has 1 atom stereocenters. The number of aliphatic hydroxyl groups excluding tert-OH is 1. The molecule has 1 saturated heterocycles. The van der Waals surface area contributed by atoms with Crippen molar-refractivity contribution in [3.8, 4) is 5.75 Å². The van der Waals surface area contributed by atoms with Gasteiger partial charge in [0.2, 0.25) is 5.13 Å². The molecule has 2 aromatic carbocycles. The van der Waals surface area contributed by atoms with Crippen molar-refractivity contribution in [2.24, 2.45) is 0 Å². The zero-order valence-electron chi connectivity index (χ0n) is 17.9. The molecule has 0 radical (unpaired) electrons. The van der Waals surface area contributed by atoms with Gasteiger partial charge < -0.3 is 14.6 Å². The molecular formula is C23H19N3O6S. The van der Waals surface area contributed by atoms with Crippen molar-refractivity contribution < 1.29 is 29.0 Å². The molecule has 0 spiro atoms. The van der Waals surface area contributed by atoms with Gasteiger partial charge >= 0.3 is 11.9 Å². The Kier molecular flexibility index (Phi) is 5.93. The van der Waals surface area contributed by atoms with Crippen molar-refractivity contribution >= 4 is 39.9 Å². The van der Waals surface area contributed by atoms with Gasteiger partial charge in [-0.05, 0) is 48.9 Å². The van der Waals surface area contributed by atoms with Crippen LogP contribution >= 0.6 is 11.3 Å². The normalized spacial score (nSPS) is 17.3. The van der Waals surface area contributed by atoms with Crippen LogP contribution in [0.15, 0.2) is 54.1 Å². The van der Waals surface area contributed by atoms with E-state index in [1.165, 1.54) is 25.2 Å². The average Bonchev–Trinajstić information content (AvgIpc) is 3.38. The maximum Gasteiger partial charge on any atom is 0.337 e. The number of hydrogen-bond donors (Lipinski definition) is 1. The first-order chi connectivity index (χ1) is 15.8. The summed E-state index contributed by atoms with van der Waals surface area (Å²) >= 11 is 1.14. The third-order valence-electron chi connectivity index (χ3n) is 5.15. The van der Waals surface area contributed by atoms with Gasteiger partial charge in [0.15, 0.2) is 0 Å². The van der Waals surface area contributed by atoms with Crippen LogP contribution in [0.1, 0.15) is 32.5 Å². The van der Waals surface area contributed by atoms with Gasteiger partial charge in [-0.1, -0.05) is 23.5 Å². The Bertz CT molecular complexity index is 1280. The Morgan fingerprint density at radius 2 is 1.79 bits per heavy atom. The molecule has 0 aliphatic carbocycles. The number of hydrogen-bond acceptors (Lipinski definition) is 9. The van der Waals surface area contributed by atoms with E-state index in [4.69, 9.17) is 9.47 Å². The first-order valence-corrected chi connectivity index (χ1v) is 10.6. The Balaban J connectivity index is 1.93. The molecule has 3 aromatic rings. The van der Waals surface area contributed by atoms with Gasteiger partial charge in [-0.15, -0.1) is 10.2 Å². The second-order valence-electron chi connectivity index (χ2n) is 7.12. The highest BCUT2D eigenvalue weighted by atomic mass is 32.1. The summed E-state index contributed by atoms with van der Waals surface area (Å²) in [7, 11) is 2.77. The number of ether oxygens (including phenoxy) is 2. The van der Waals surface area contributed by atoms with E-state index in [0.717, 1.165) is 11.3 Å². The predicted molar refractivity (Wildman–Crippen MR) is 120 cm³/mol. The molecule has 9 nitrogen and oxygen atoms in total. The number of anilines is 1. The van der Waals surface area contributed by atoms with Crippen molar-refractivity contribution in [2.45, 2.75) is 13.0 Å². The molecule has 1 unspecified atom stereocenters. The lowest BCUT2D eigenvalue weighted by Crippen LogP contribution is -2.29. The lowest BCUT2D eigenvalue weighted by Gasteiger charge is -2.23. The number of carbonyl (C=O) groups is 3. The number of Topliss-reactive ketones (excluding diaryl/α,β-unsaturated/α-hetero) is 1. The van der Waals surface area contributed by atoms with Crippen molar-refractivity contribution in [1.82, 2.24) is 10.2 Å². The Hall–Kier alpha value is -4.05. The molecular weight excluding hydrogens is 446 g/mol. The highest BCUT2D eigenvalue weighted by Gasteiger charge is 2.48. The molecule has 4 rings (SSSR count). The van der Waals surface area contributed by atoms with Crippen LogP contribution in [0.25, 0.3) is 5.76 Å². The first-order valence-electron chi connectivity index (χ1n) is 9.79. The SMILES string of the molecule is COC(=O)c1cccc(C2/C(=C(\O)c3ccc(OC)cc3)C(=O)C(=O)N2c2nnc(C)s2)c1. The fourth-order valence-corrected chi connectivity index (χ4v) is 4.30. The van der Waals surface area contributed by atoms with Gasteiger partial charge in [0.25, 0.3) is 5.78 Å². The largest absolute Gasteiger partial charge is 0.507 e. The number of aromatic nitrogens is 2. The fourth-order valence-electron chi connectivity index (χ4n) is 3.59. The summed E-state index contributed by atoms with van der Waals surface area (Å²) in [6.45, 7) is 1.72. The quantitative estimate of drug-likeness (QED) is 0.264. The van der Waals surface area contributed by atoms with E-state index in [1.807, 2.05) is 0 Å². The molecule has 10 heteroatoms. The van der Waals surface area contributed by atoms with E-state index in [9.17, 15) is 19.5 Å². The molecule has 2 heterocycles. The minimum Gasteiger partial charge on any atom is -0.507 e. The van der Waals surface area contributed by atoms with Gasteiger partial charge in [-0.3, -0.25) is 14.5 Å². The van der Waals surface area contributed by atoms with Crippen LogP contribution in [0.3, 0.4) is 0 Å². The maximum absolute atomic E-state index is 13.1. The minimum absolute atomic E-state index is 0.125. The molecule has 1 amide bonds. The Morgan fingerprint density at radius 1 is 1.06 bits per heavy atom. The second kappa shape index (κ2) is 8.83. The standard InChI is InChI=1S/C23H19N3O6S/c1-12-24-25-23(33-12)26-18(14-5-4-6-15(11-14)22(30)32-3)17(20(28)21(26)29)19(27)13-7-9-16(31-2)10-8-13/h4-11,18,27H,1-3H3/b19-17+. The smallest absolute Gasteiger partial charge is 0.337 e. The number of aliphatic hydroxyl groups is 1. The van der Waals surface area contributed by atoms with Crippen molar-refractivity contribution in [3.05, 3.63) is 75.8 Å². The van der Waals surface area contributed by atoms with E-state index < -0.39 is 23.7 Å². The monoisotopic (exact) mass is 465 g/mol. The highest BCUT2D eigenvalue weighted by Crippen LogP contribution is 2.43. The van der Waals surface area contributed by atoms with Crippen LogP contribution in [0.2, 0.25) is 0 Å². The molecule has 168 valence electrons. The van der Waals surface area contributed by atoms with Gasteiger partial charge in [-0.25, -0.2) is 4.79 Å². The highest BCUT2D eigenvalue weighted by molar-refractivity contribution is 7.15. The summed E-state index contributed by atoms with van der Waals surface area (Å²) < 4.78 is 9.94. The number of nitrogens with zero attached hydrogens (tertiary/aromatic N) is 3. The molecule has 0 saturated carbocycles. The molecule has 1 fully saturated rings. The van der Waals surface area contributed by atoms with Crippen molar-refractivity contribution in [1.29, 1.82) is 0 Å². The molecule has 1 N–H and O–H groups in total. The van der Waals surface area contributed by atoms with Crippen LogP contribution in [-0.2, 0) is 14.3 Å². The summed E-state index contributed by atoms with van der Waals surface area (Å²) in [5.74, 6) is -2.08. The summed E-state index contributed by atoms with van der Waals surface area (Å²) in [5, 5.41) is 19.9. The molecule has 1 aliphatic rings. The number of carbonyl (C=O) groups excluding carboxylic acids is 3. The van der Waals surface area contributed by atoms with E-state index in [1.54, 1.807) is 49.4 Å². The van der Waals surface area contributed by atoms with Gasteiger partial charge in [0, 0.05) is 5.56 Å². The zero-order valence-corrected chi connectivity index (χ0v) is 18.8. The van der Waals surface area contributed by atoms with E-state index in [0.29, 0.717) is 21.9 Å². The number of amides is 1. The van der Waals surface area contributed by atoms with E-state index in [2.05, 4.69) is 10.2 Å². The van der Waals surface area contributed by atoms with Crippen LogP contribution in [0, 0.1) is 6.92 Å². The van der Waals surface area contributed by atoms with Crippen molar-refractivity contribution in [2.75, 3.05) is 19.1 Å². The van der Waals surface area contributed by atoms with Gasteiger partial charge in [0.1, 0.15) is 16.5 Å². The lowest BCUT2D eigenvalue weighted by atomic mass is 9.94. The number of benzene rings is 2. The zero-order chi connectivity index (χ0) is 23.7. The van der Waals surface area contributed by atoms with E-state index in [-0.39, 0.29) is 22.0 Å². The topological polar surface area (TPSA) is 119 Å². The van der Waals surface area contributed by atoms with Crippen LogP contribution in [-0.4, -0.2) is 47.2 Å². The molecule has 1 aromatic heterocycles. The summed E-state index contributed by atoms with van der Waals surface area (Å²) in [4.78, 5) is 39.5. The second-order valence-corrected chi connectivity index (χ2v) is 8.28. The van der Waals surface area contributed by atoms with Gasteiger partial charge in [0.05, 0.1) is 31.4 Å². The lowest BCUT2D eigenvalue weighted by molar-refractivity contribution is -0.132. The Morgan fingerprint density at radius 3 is 2.39 bits per heavy atom. The maximum atomic E-state index is 13.1. The summed E-state index contributed by atoms with van der Waals surface area (Å²) in [5.41, 5.74) is 0.870. The third kappa shape index (κ3) is 3.96. The van der Waals surface area contributed by atoms with E-state index >= 15 is 0 Å². The summed E-state index contributed by atoms with van der Waals surface area (Å²) in [6, 6.07) is 11.7. The summed E-state index contributed by atoms with van der Waals surface area (Å²) in [6.07, 6.45) is 0. The Labute approximate surface area is 192 Å². The molecule has 0 bridgehead atoms. The van der Waals surface area contributed by atoms with Crippen molar-refractivity contribution in [3.63, 3.8) is 0 Å². The molecule has 1 aliphatic heterocycles. The number of ketones is 1. The average molecular weight is 465 g/mol. The number of rotatable bonds is 5. The number of esters is 1. The third-order valence-corrected chi connectivity index (χ3v) is 5.99. The number of aryl methyl sites for hydroxylation is 1. The number of methoxy groups -OCH3 is 2. The van der Waals surface area contributed by atoms with Gasteiger partial charge in [-0.2, -0.15) is 0 Å². The van der Waals surface area contributed by atoms with Crippen LogP contribution in [0.4, 0.5) is 5.13 Å². The fraction of sp³-hybridized carbons (Fsp3) is 0.174. The molecule has 33 heavy (non-hydrogen) atoms.